The number of carbonyl (C=O) groups excluding carboxylic acids is 1. The van der Waals surface area contributed by atoms with Crippen LogP contribution in [0.1, 0.15) is 20.8 Å². The number of nitrogens with one attached hydrogen (secondary N) is 1. The zero-order valence-corrected chi connectivity index (χ0v) is 9.75. The molecule has 0 aromatic carbocycles. The van der Waals surface area contributed by atoms with Gasteiger partial charge in [0.25, 0.3) is 0 Å². The highest BCUT2D eigenvalue weighted by Gasteiger charge is 2.39. The Labute approximate surface area is 83.6 Å². The molecule has 0 rings (SSSR count). The topological polar surface area (TPSA) is 29.1 Å². The first-order chi connectivity index (χ1) is 6.02. The summed E-state index contributed by atoms with van der Waals surface area (Å²) in [4.78, 5) is 12.6. The minimum Gasteiger partial charge on any atom is -0.374 e. The lowest BCUT2D eigenvalue weighted by Gasteiger charge is -2.22. The van der Waals surface area contributed by atoms with Crippen molar-refractivity contribution in [2.75, 3.05) is 0 Å². The zero-order valence-electron chi connectivity index (χ0n) is 8.75. The Bertz CT molecular complexity index is 210. The Hall–Kier alpha value is -0.523. The summed E-state index contributed by atoms with van der Waals surface area (Å²) < 4.78 is 35.5. The summed E-state index contributed by atoms with van der Waals surface area (Å²) in [5.41, 5.74) is -0.0536. The lowest BCUT2D eigenvalue weighted by atomic mass is 10.0. The molecule has 0 unspecified atom stereocenters. The first-order valence-electron chi connectivity index (χ1n) is 4.23. The molecule has 0 saturated heterocycles. The Morgan fingerprint density at radius 2 is 1.71 bits per heavy atom. The van der Waals surface area contributed by atoms with Gasteiger partial charge in [0.2, 0.25) is 0 Å². The van der Waals surface area contributed by atoms with Crippen LogP contribution in [0.15, 0.2) is 0 Å². The molecule has 0 aromatic rings. The van der Waals surface area contributed by atoms with Gasteiger partial charge in [-0.05, 0) is 11.5 Å². The van der Waals surface area contributed by atoms with Crippen LogP contribution in [-0.4, -0.2) is 21.0 Å². The van der Waals surface area contributed by atoms with Crippen LogP contribution in [0.3, 0.4) is 0 Å². The molecule has 0 saturated carbocycles. The molecule has 1 amide bonds. The van der Waals surface area contributed by atoms with Crippen molar-refractivity contribution in [1.82, 2.24) is 4.98 Å². The highest BCUT2D eigenvalue weighted by molar-refractivity contribution is 6.57. The molecule has 0 spiro atoms. The maximum absolute atomic E-state index is 11.8. The van der Waals surface area contributed by atoms with E-state index in [0.29, 0.717) is 6.04 Å². The fourth-order valence-electron chi connectivity index (χ4n) is 1.10. The Balaban J connectivity index is 4.09. The molecule has 14 heavy (non-hydrogen) atoms. The van der Waals surface area contributed by atoms with Gasteiger partial charge in [0.05, 0.1) is 0 Å². The molecule has 1 N–H and O–H groups in total. The molecule has 0 aliphatic carbocycles. The van der Waals surface area contributed by atoms with Crippen LogP contribution in [0.5, 0.6) is 0 Å². The van der Waals surface area contributed by atoms with Crippen LogP contribution in [0.2, 0.25) is 12.6 Å². The van der Waals surface area contributed by atoms with Crippen molar-refractivity contribution < 1.29 is 18.0 Å². The van der Waals surface area contributed by atoms with Gasteiger partial charge < -0.3 is 4.98 Å². The summed E-state index contributed by atoms with van der Waals surface area (Å²) >= 11 is 0. The summed E-state index contributed by atoms with van der Waals surface area (Å²) in [6.45, 7) is 7.46. The molecule has 2 nitrogen and oxygen atoms in total. The standard InChI is InChI=1S/C8H15F3NOSi/c1-7(2,3)5-14(4)12-6(13)8(9,10)11/h5H2,1-4H3,(H,12,13). The van der Waals surface area contributed by atoms with Gasteiger partial charge in [-0.1, -0.05) is 27.3 Å². The number of rotatable bonds is 2. The van der Waals surface area contributed by atoms with Crippen LogP contribution in [0, 0.1) is 5.41 Å². The summed E-state index contributed by atoms with van der Waals surface area (Å²) in [7, 11) is -1.45. The Morgan fingerprint density at radius 3 is 2.00 bits per heavy atom. The Kier molecular flexibility index (Phi) is 4.17. The average Bonchev–Trinajstić information content (AvgIpc) is 1.79. The van der Waals surface area contributed by atoms with E-state index in [0.717, 1.165) is 0 Å². The fourth-order valence-corrected chi connectivity index (χ4v) is 3.31. The molecule has 83 valence electrons. The molecule has 0 heterocycles. The van der Waals surface area contributed by atoms with E-state index in [2.05, 4.69) is 0 Å². The van der Waals surface area contributed by atoms with E-state index in [1.54, 1.807) is 6.55 Å². The first-order valence-corrected chi connectivity index (χ1v) is 6.44. The van der Waals surface area contributed by atoms with E-state index in [4.69, 9.17) is 0 Å². The Morgan fingerprint density at radius 1 is 1.29 bits per heavy atom. The van der Waals surface area contributed by atoms with E-state index < -0.39 is 21.0 Å². The lowest BCUT2D eigenvalue weighted by molar-refractivity contribution is -0.171. The zero-order chi connectivity index (χ0) is 11.6. The predicted molar refractivity (Wildman–Crippen MR) is 50.1 cm³/mol. The lowest BCUT2D eigenvalue weighted by Crippen LogP contribution is -2.45. The second-order valence-electron chi connectivity index (χ2n) is 4.47. The van der Waals surface area contributed by atoms with Crippen molar-refractivity contribution in [3.8, 4) is 0 Å². The van der Waals surface area contributed by atoms with Crippen molar-refractivity contribution >= 4 is 14.9 Å². The van der Waals surface area contributed by atoms with Gasteiger partial charge in [0.15, 0.2) is 8.96 Å². The molecule has 0 fully saturated rings. The highest BCUT2D eigenvalue weighted by atomic mass is 28.3. The molecule has 1 radical (unpaired) electrons. The van der Waals surface area contributed by atoms with E-state index >= 15 is 0 Å². The van der Waals surface area contributed by atoms with Crippen LogP contribution < -0.4 is 4.98 Å². The number of halogens is 3. The van der Waals surface area contributed by atoms with Crippen molar-refractivity contribution in [2.24, 2.45) is 5.41 Å². The first kappa shape index (κ1) is 13.5. The SMILES string of the molecule is C[Si](CC(C)(C)C)NC(=O)C(F)(F)F. The molecule has 0 atom stereocenters. The second-order valence-corrected chi connectivity index (χ2v) is 6.63. The van der Waals surface area contributed by atoms with Crippen LogP contribution in [0.25, 0.3) is 0 Å². The maximum Gasteiger partial charge on any atom is 0.470 e. The molecule has 0 aromatic heterocycles. The van der Waals surface area contributed by atoms with Crippen molar-refractivity contribution in [2.45, 2.75) is 39.5 Å². The highest BCUT2D eigenvalue weighted by Crippen LogP contribution is 2.21. The van der Waals surface area contributed by atoms with Crippen LogP contribution >= 0.6 is 0 Å². The van der Waals surface area contributed by atoms with Gasteiger partial charge in [-0.3, -0.25) is 4.79 Å². The molecule has 0 bridgehead atoms. The van der Waals surface area contributed by atoms with E-state index in [1.165, 1.54) is 0 Å². The largest absolute Gasteiger partial charge is 0.470 e. The summed E-state index contributed by atoms with van der Waals surface area (Å²) in [5, 5.41) is 0. The van der Waals surface area contributed by atoms with Crippen molar-refractivity contribution in [3.63, 3.8) is 0 Å². The van der Waals surface area contributed by atoms with E-state index in [-0.39, 0.29) is 5.41 Å². The van der Waals surface area contributed by atoms with Crippen molar-refractivity contribution in [3.05, 3.63) is 0 Å². The third-order valence-corrected chi connectivity index (χ3v) is 3.62. The van der Waals surface area contributed by atoms with Crippen molar-refractivity contribution in [1.29, 1.82) is 0 Å². The molecular formula is C8H15F3NOSi. The maximum atomic E-state index is 11.8. The molecule has 6 heteroatoms. The van der Waals surface area contributed by atoms with Gasteiger partial charge in [-0.25, -0.2) is 0 Å². The summed E-state index contributed by atoms with van der Waals surface area (Å²) in [6, 6.07) is 0.611. The molecule has 0 aliphatic heterocycles. The monoisotopic (exact) mass is 226 g/mol. The van der Waals surface area contributed by atoms with E-state index in [1.807, 2.05) is 25.8 Å². The van der Waals surface area contributed by atoms with Gasteiger partial charge >= 0.3 is 12.1 Å². The van der Waals surface area contributed by atoms with Gasteiger partial charge in [-0.15, -0.1) is 0 Å². The second kappa shape index (κ2) is 4.33. The fraction of sp³-hybridized carbons (Fsp3) is 0.875. The number of hydrogen-bond acceptors (Lipinski definition) is 1. The third kappa shape index (κ3) is 6.01. The number of alkyl halides is 3. The van der Waals surface area contributed by atoms with E-state index in [9.17, 15) is 18.0 Å². The summed E-state index contributed by atoms with van der Waals surface area (Å²) in [5.74, 6) is -1.82. The van der Waals surface area contributed by atoms with Gasteiger partial charge in [0, 0.05) is 0 Å². The predicted octanol–water partition coefficient (Wildman–Crippen LogP) is 2.33. The minimum absolute atomic E-state index is 0.0536. The molecular weight excluding hydrogens is 211 g/mol. The average molecular weight is 226 g/mol. The van der Waals surface area contributed by atoms with Gasteiger partial charge in [0.1, 0.15) is 0 Å². The smallest absolute Gasteiger partial charge is 0.374 e. The minimum atomic E-state index is -4.76. The van der Waals surface area contributed by atoms with Crippen LogP contribution in [0.4, 0.5) is 13.2 Å². The normalized spacial score (nSPS) is 13.1. The number of carbonyl (C=O) groups is 1. The summed E-state index contributed by atoms with van der Waals surface area (Å²) in [6.07, 6.45) is -4.76. The number of amides is 1. The quantitative estimate of drug-likeness (QED) is 0.719. The molecule has 0 aliphatic rings. The third-order valence-electron chi connectivity index (χ3n) is 1.38. The van der Waals surface area contributed by atoms with Crippen LogP contribution in [-0.2, 0) is 4.79 Å². The van der Waals surface area contributed by atoms with Gasteiger partial charge in [-0.2, -0.15) is 13.2 Å². The number of hydrogen-bond donors (Lipinski definition) is 1.